The minimum absolute atomic E-state index is 0.0565. The SMILES string of the molecule is CS(=O)(=O)Nc1cc2c(cc1Sc1ncc(Br)cc1F)C(=O)OC2. The van der Waals surface area contributed by atoms with Gasteiger partial charge in [-0.15, -0.1) is 0 Å². The molecule has 24 heavy (non-hydrogen) atoms. The van der Waals surface area contributed by atoms with Crippen LogP contribution in [0, 0.1) is 5.82 Å². The Bertz CT molecular complexity index is 950. The number of rotatable bonds is 4. The second-order valence-electron chi connectivity index (χ2n) is 5.00. The maximum absolute atomic E-state index is 14.0. The number of aromatic nitrogens is 1. The third kappa shape index (κ3) is 3.70. The van der Waals surface area contributed by atoms with Crippen molar-refractivity contribution in [2.45, 2.75) is 16.5 Å². The fraction of sp³-hybridized carbons (Fsp3) is 0.143. The van der Waals surface area contributed by atoms with Crippen molar-refractivity contribution in [2.75, 3.05) is 11.0 Å². The highest BCUT2D eigenvalue weighted by Crippen LogP contribution is 2.38. The number of esters is 1. The predicted molar refractivity (Wildman–Crippen MR) is 90.0 cm³/mol. The standard InChI is InChI=1S/C14H10BrFN2O4S2/c1-24(20,21)18-11-2-7-6-22-14(19)9(7)4-12(11)23-13-10(16)3-8(15)5-17-13/h2-5,18H,6H2,1H3. The molecule has 126 valence electrons. The van der Waals surface area contributed by atoms with Crippen LogP contribution >= 0.6 is 27.7 Å². The molecule has 0 fully saturated rings. The average Bonchev–Trinajstić information content (AvgIpc) is 2.81. The molecule has 0 aliphatic carbocycles. The van der Waals surface area contributed by atoms with Crippen molar-refractivity contribution in [2.24, 2.45) is 0 Å². The number of carbonyl (C=O) groups is 1. The molecule has 10 heteroatoms. The summed E-state index contributed by atoms with van der Waals surface area (Å²) in [5, 5.41) is 0.0565. The molecule has 0 spiro atoms. The number of anilines is 1. The van der Waals surface area contributed by atoms with Crippen LogP contribution in [0.2, 0.25) is 0 Å². The molecule has 0 saturated heterocycles. The molecule has 0 amide bonds. The van der Waals surface area contributed by atoms with Gasteiger partial charge in [-0.05, 0) is 34.1 Å². The summed E-state index contributed by atoms with van der Waals surface area (Å²) in [5.41, 5.74) is 1.14. The first-order valence-corrected chi connectivity index (χ1v) is 10.0. The first-order valence-electron chi connectivity index (χ1n) is 6.53. The van der Waals surface area contributed by atoms with Gasteiger partial charge >= 0.3 is 5.97 Å². The Balaban J connectivity index is 2.07. The van der Waals surface area contributed by atoms with Crippen LogP contribution in [0.3, 0.4) is 0 Å². The summed E-state index contributed by atoms with van der Waals surface area (Å²) in [4.78, 5) is 16.0. The fourth-order valence-corrected chi connectivity index (χ4v) is 3.90. The lowest BCUT2D eigenvalue weighted by Crippen LogP contribution is -2.11. The average molecular weight is 433 g/mol. The number of cyclic esters (lactones) is 1. The highest BCUT2D eigenvalue weighted by atomic mass is 79.9. The van der Waals surface area contributed by atoms with E-state index in [4.69, 9.17) is 4.74 Å². The molecule has 1 N–H and O–H groups in total. The van der Waals surface area contributed by atoms with Crippen molar-refractivity contribution in [3.63, 3.8) is 0 Å². The quantitative estimate of drug-likeness (QED) is 0.746. The summed E-state index contributed by atoms with van der Waals surface area (Å²) in [5.74, 6) is -1.07. The molecule has 1 aliphatic rings. The number of sulfonamides is 1. The van der Waals surface area contributed by atoms with Crippen LogP contribution in [0.5, 0.6) is 0 Å². The number of ether oxygens (including phenoxy) is 1. The zero-order valence-corrected chi connectivity index (χ0v) is 15.4. The number of halogens is 2. The maximum atomic E-state index is 14.0. The lowest BCUT2D eigenvalue weighted by atomic mass is 10.1. The zero-order valence-electron chi connectivity index (χ0n) is 12.2. The number of hydrogen-bond donors (Lipinski definition) is 1. The minimum Gasteiger partial charge on any atom is -0.457 e. The number of hydrogen-bond acceptors (Lipinski definition) is 6. The van der Waals surface area contributed by atoms with Crippen LogP contribution in [0.25, 0.3) is 0 Å². The van der Waals surface area contributed by atoms with Crippen LogP contribution in [0.1, 0.15) is 15.9 Å². The minimum atomic E-state index is -3.55. The first kappa shape index (κ1) is 17.2. The summed E-state index contributed by atoms with van der Waals surface area (Å²) >= 11 is 4.04. The van der Waals surface area contributed by atoms with Crippen molar-refractivity contribution in [1.29, 1.82) is 0 Å². The fourth-order valence-electron chi connectivity index (χ4n) is 2.10. The molecule has 0 saturated carbocycles. The van der Waals surface area contributed by atoms with Gasteiger partial charge in [0.1, 0.15) is 11.6 Å². The van der Waals surface area contributed by atoms with E-state index >= 15 is 0 Å². The molecule has 2 aromatic rings. The van der Waals surface area contributed by atoms with E-state index in [2.05, 4.69) is 25.6 Å². The Morgan fingerprint density at radius 3 is 2.79 bits per heavy atom. The molecule has 2 heterocycles. The van der Waals surface area contributed by atoms with Gasteiger partial charge in [0.15, 0.2) is 5.82 Å². The third-order valence-electron chi connectivity index (χ3n) is 3.06. The van der Waals surface area contributed by atoms with Gasteiger partial charge in [-0.25, -0.2) is 22.6 Å². The van der Waals surface area contributed by atoms with Gasteiger partial charge in [-0.2, -0.15) is 0 Å². The molecular weight excluding hydrogens is 423 g/mol. The highest BCUT2D eigenvalue weighted by Gasteiger charge is 2.25. The lowest BCUT2D eigenvalue weighted by Gasteiger charge is -2.12. The highest BCUT2D eigenvalue weighted by molar-refractivity contribution is 9.10. The number of nitrogens with zero attached hydrogens (tertiary/aromatic N) is 1. The van der Waals surface area contributed by atoms with E-state index in [0.29, 0.717) is 20.5 Å². The topological polar surface area (TPSA) is 85.4 Å². The molecule has 0 bridgehead atoms. The van der Waals surface area contributed by atoms with Gasteiger partial charge in [0.25, 0.3) is 0 Å². The predicted octanol–water partition coefficient (Wildman–Crippen LogP) is 3.18. The summed E-state index contributed by atoms with van der Waals surface area (Å²) < 4.78 is 44.9. The number of benzene rings is 1. The number of nitrogens with one attached hydrogen (secondary N) is 1. The monoisotopic (exact) mass is 432 g/mol. The van der Waals surface area contributed by atoms with Crippen molar-refractivity contribution >= 4 is 49.4 Å². The van der Waals surface area contributed by atoms with E-state index in [9.17, 15) is 17.6 Å². The molecular formula is C14H10BrFN2O4S2. The van der Waals surface area contributed by atoms with E-state index in [-0.39, 0.29) is 17.3 Å². The van der Waals surface area contributed by atoms with Crippen LogP contribution in [-0.2, 0) is 21.4 Å². The molecule has 3 rings (SSSR count). The smallest absolute Gasteiger partial charge is 0.338 e. The largest absolute Gasteiger partial charge is 0.457 e. The van der Waals surface area contributed by atoms with Crippen LogP contribution < -0.4 is 4.72 Å². The second-order valence-corrected chi connectivity index (χ2v) is 8.69. The van der Waals surface area contributed by atoms with Crippen LogP contribution in [0.4, 0.5) is 10.1 Å². The Morgan fingerprint density at radius 2 is 2.12 bits per heavy atom. The lowest BCUT2D eigenvalue weighted by molar-refractivity contribution is 0.0535. The Hall–Kier alpha value is -1.65. The van der Waals surface area contributed by atoms with E-state index in [1.165, 1.54) is 24.4 Å². The molecule has 1 aromatic carbocycles. The number of carbonyl (C=O) groups excluding carboxylic acids is 1. The second kappa shape index (κ2) is 6.34. The zero-order chi connectivity index (χ0) is 17.5. The van der Waals surface area contributed by atoms with E-state index < -0.39 is 21.8 Å². The van der Waals surface area contributed by atoms with Crippen molar-refractivity contribution in [3.8, 4) is 0 Å². The summed E-state index contributed by atoms with van der Waals surface area (Å²) in [6, 6.07) is 4.24. The Labute approximate surface area is 150 Å². The van der Waals surface area contributed by atoms with Gasteiger partial charge in [0, 0.05) is 21.1 Å². The van der Waals surface area contributed by atoms with Crippen LogP contribution in [-0.4, -0.2) is 25.6 Å². The normalized spacial score (nSPS) is 13.5. The first-order chi connectivity index (χ1) is 11.2. The van der Waals surface area contributed by atoms with Gasteiger partial charge in [0.2, 0.25) is 10.0 Å². The molecule has 0 radical (unpaired) electrons. The van der Waals surface area contributed by atoms with Crippen molar-refractivity contribution in [3.05, 3.63) is 45.8 Å². The van der Waals surface area contributed by atoms with Gasteiger partial charge in [0.05, 0.1) is 17.5 Å². The molecule has 0 unspecified atom stereocenters. The maximum Gasteiger partial charge on any atom is 0.338 e. The van der Waals surface area contributed by atoms with Crippen molar-refractivity contribution < 1.29 is 22.3 Å². The van der Waals surface area contributed by atoms with Gasteiger partial charge in [-0.3, -0.25) is 4.72 Å². The molecule has 1 aromatic heterocycles. The Morgan fingerprint density at radius 1 is 1.38 bits per heavy atom. The molecule has 1 aliphatic heterocycles. The molecule has 6 nitrogen and oxygen atoms in total. The van der Waals surface area contributed by atoms with Gasteiger partial charge < -0.3 is 4.74 Å². The van der Waals surface area contributed by atoms with Crippen molar-refractivity contribution in [1.82, 2.24) is 4.98 Å². The van der Waals surface area contributed by atoms with E-state index in [0.717, 1.165) is 18.0 Å². The number of pyridine rings is 1. The number of fused-ring (bicyclic) bond motifs is 1. The third-order valence-corrected chi connectivity index (χ3v) is 5.14. The molecule has 0 atom stereocenters. The Kier molecular flexibility index (Phi) is 4.54. The summed E-state index contributed by atoms with van der Waals surface area (Å²) in [6.45, 7) is 0.0719. The summed E-state index contributed by atoms with van der Waals surface area (Å²) in [7, 11) is -3.55. The van der Waals surface area contributed by atoms with Gasteiger partial charge in [-0.1, -0.05) is 11.8 Å². The van der Waals surface area contributed by atoms with E-state index in [1.807, 2.05) is 0 Å². The summed E-state index contributed by atoms with van der Waals surface area (Å²) in [6.07, 6.45) is 2.44. The van der Waals surface area contributed by atoms with Crippen LogP contribution in [0.15, 0.2) is 38.8 Å². The van der Waals surface area contributed by atoms with E-state index in [1.54, 1.807) is 0 Å².